The van der Waals surface area contributed by atoms with E-state index in [1.54, 1.807) is 0 Å². The zero-order valence-electron chi connectivity index (χ0n) is 7.92. The van der Waals surface area contributed by atoms with Crippen molar-refractivity contribution in [3.8, 4) is 5.75 Å². The molecular weight excluding hydrogens is 247 g/mol. The molecule has 0 spiro atoms. The number of halogens is 4. The second-order valence-corrected chi connectivity index (χ2v) is 3.59. The van der Waals surface area contributed by atoms with Crippen molar-refractivity contribution in [2.24, 2.45) is 5.73 Å². The number of hydrogen-bond donors (Lipinski definition) is 3. The first-order valence-corrected chi connectivity index (χ1v) is 4.61. The van der Waals surface area contributed by atoms with E-state index in [0.717, 1.165) is 6.07 Å². The van der Waals surface area contributed by atoms with Crippen molar-refractivity contribution < 1.29 is 23.4 Å². The summed E-state index contributed by atoms with van der Waals surface area (Å²) in [6, 6.07) is 0.786. The van der Waals surface area contributed by atoms with E-state index in [2.05, 4.69) is 0 Å². The molecule has 1 aromatic carbocycles. The molecule has 0 saturated heterocycles. The predicted molar refractivity (Wildman–Crippen MR) is 52.1 cm³/mol. The van der Waals surface area contributed by atoms with Gasteiger partial charge in [0, 0.05) is 0 Å². The van der Waals surface area contributed by atoms with Crippen LogP contribution in [-0.4, -0.2) is 16.8 Å². The minimum Gasteiger partial charge on any atom is -0.506 e. The van der Waals surface area contributed by atoms with Crippen LogP contribution in [0.1, 0.15) is 17.2 Å². The molecular formula is C9H9ClF3NO2. The molecule has 0 amide bonds. The van der Waals surface area contributed by atoms with Gasteiger partial charge in [-0.2, -0.15) is 13.2 Å². The summed E-state index contributed by atoms with van der Waals surface area (Å²) in [6.45, 7) is -0.515. The van der Waals surface area contributed by atoms with Crippen LogP contribution in [0.5, 0.6) is 5.75 Å². The largest absolute Gasteiger partial charge is 0.506 e. The number of phenols is 1. The molecule has 0 saturated carbocycles. The highest BCUT2D eigenvalue weighted by Gasteiger charge is 2.35. The van der Waals surface area contributed by atoms with Crippen LogP contribution in [0.2, 0.25) is 5.02 Å². The van der Waals surface area contributed by atoms with E-state index in [4.69, 9.17) is 27.5 Å². The van der Waals surface area contributed by atoms with Gasteiger partial charge in [-0.05, 0) is 17.7 Å². The normalized spacial score (nSPS) is 13.9. The van der Waals surface area contributed by atoms with Crippen LogP contribution < -0.4 is 5.73 Å². The third-order valence-electron chi connectivity index (χ3n) is 2.02. The molecule has 0 aliphatic rings. The highest BCUT2D eigenvalue weighted by molar-refractivity contribution is 6.32. The minimum absolute atomic E-state index is 0.0117. The summed E-state index contributed by atoms with van der Waals surface area (Å²) in [6.07, 6.45) is -4.72. The maximum Gasteiger partial charge on any atom is 0.420 e. The van der Waals surface area contributed by atoms with Gasteiger partial charge in [0.05, 0.1) is 23.2 Å². The Hall–Kier alpha value is -0.980. The fourth-order valence-corrected chi connectivity index (χ4v) is 1.38. The van der Waals surface area contributed by atoms with Crippen LogP contribution in [0.4, 0.5) is 13.2 Å². The van der Waals surface area contributed by atoms with Crippen LogP contribution in [0.3, 0.4) is 0 Å². The van der Waals surface area contributed by atoms with Gasteiger partial charge >= 0.3 is 6.18 Å². The Kier molecular flexibility index (Phi) is 3.67. The van der Waals surface area contributed by atoms with E-state index in [1.807, 2.05) is 0 Å². The lowest BCUT2D eigenvalue weighted by Gasteiger charge is -2.15. The zero-order chi connectivity index (χ0) is 12.5. The number of phenolic OH excluding ortho intramolecular Hbond substituents is 1. The van der Waals surface area contributed by atoms with Gasteiger partial charge in [-0.25, -0.2) is 0 Å². The zero-order valence-corrected chi connectivity index (χ0v) is 8.68. The Morgan fingerprint density at radius 1 is 1.38 bits per heavy atom. The highest BCUT2D eigenvalue weighted by Crippen LogP contribution is 2.40. The fourth-order valence-electron chi connectivity index (χ4n) is 1.16. The van der Waals surface area contributed by atoms with Crippen molar-refractivity contribution in [1.82, 2.24) is 0 Å². The number of nitrogens with two attached hydrogens (primary N) is 1. The van der Waals surface area contributed by atoms with Gasteiger partial charge in [0.1, 0.15) is 5.75 Å². The first kappa shape index (κ1) is 13.1. The molecule has 0 heterocycles. The average Bonchev–Trinajstić information content (AvgIpc) is 2.18. The predicted octanol–water partition coefficient (Wildman–Crippen LogP) is 2.06. The van der Waals surface area contributed by atoms with Crippen molar-refractivity contribution >= 4 is 11.6 Å². The Labute approximate surface area is 94.3 Å². The molecule has 3 nitrogen and oxygen atoms in total. The Bertz CT molecular complexity index is 395. The first-order chi connectivity index (χ1) is 7.27. The summed E-state index contributed by atoms with van der Waals surface area (Å²) in [5.41, 5.74) is 4.11. The van der Waals surface area contributed by atoms with Crippen molar-refractivity contribution in [3.05, 3.63) is 28.3 Å². The van der Waals surface area contributed by atoms with E-state index < -0.39 is 35.2 Å². The van der Waals surface area contributed by atoms with Gasteiger partial charge in [0.15, 0.2) is 0 Å². The number of benzene rings is 1. The molecule has 0 fully saturated rings. The number of rotatable bonds is 2. The Morgan fingerprint density at radius 3 is 2.38 bits per heavy atom. The second kappa shape index (κ2) is 4.48. The molecule has 0 aromatic heterocycles. The number of aliphatic hydroxyl groups excluding tert-OH is 1. The summed E-state index contributed by atoms with van der Waals surface area (Å²) < 4.78 is 37.4. The van der Waals surface area contributed by atoms with Gasteiger partial charge in [0.2, 0.25) is 0 Å². The molecule has 1 atom stereocenters. The standard InChI is InChI=1S/C9H9ClF3NO2/c10-6-2-4(7(14)3-15)1-5(8(6)16)9(11,12)13/h1-2,7,15-16H,3,14H2. The monoisotopic (exact) mass is 255 g/mol. The topological polar surface area (TPSA) is 66.5 Å². The van der Waals surface area contributed by atoms with Gasteiger partial charge in [-0.15, -0.1) is 0 Å². The molecule has 1 rings (SSSR count). The van der Waals surface area contributed by atoms with E-state index >= 15 is 0 Å². The maximum atomic E-state index is 12.5. The SMILES string of the molecule is NC(CO)c1cc(Cl)c(O)c(C(F)(F)F)c1. The molecule has 7 heteroatoms. The fraction of sp³-hybridized carbons (Fsp3) is 0.333. The molecule has 1 unspecified atom stereocenters. The van der Waals surface area contributed by atoms with Crippen LogP contribution in [0.25, 0.3) is 0 Å². The third kappa shape index (κ3) is 2.58. The van der Waals surface area contributed by atoms with Crippen molar-refractivity contribution in [1.29, 1.82) is 0 Å². The van der Waals surface area contributed by atoms with Gasteiger partial charge < -0.3 is 15.9 Å². The lowest BCUT2D eigenvalue weighted by Crippen LogP contribution is -2.16. The Balaban J connectivity index is 3.33. The summed E-state index contributed by atoms with van der Waals surface area (Å²) in [5.74, 6) is -1.04. The number of alkyl halides is 3. The summed E-state index contributed by atoms with van der Waals surface area (Å²) >= 11 is 5.44. The average molecular weight is 256 g/mol. The van der Waals surface area contributed by atoms with E-state index in [9.17, 15) is 13.2 Å². The number of hydrogen-bond acceptors (Lipinski definition) is 3. The first-order valence-electron chi connectivity index (χ1n) is 4.23. The van der Waals surface area contributed by atoms with E-state index in [1.165, 1.54) is 0 Å². The summed E-state index contributed by atoms with van der Waals surface area (Å²) in [7, 11) is 0. The third-order valence-corrected chi connectivity index (χ3v) is 2.30. The van der Waals surface area contributed by atoms with Crippen molar-refractivity contribution in [3.63, 3.8) is 0 Å². The van der Waals surface area contributed by atoms with Crippen LogP contribution in [0.15, 0.2) is 12.1 Å². The van der Waals surface area contributed by atoms with Crippen molar-refractivity contribution in [2.45, 2.75) is 12.2 Å². The molecule has 0 radical (unpaired) electrons. The molecule has 90 valence electrons. The van der Waals surface area contributed by atoms with Crippen molar-refractivity contribution in [2.75, 3.05) is 6.61 Å². The van der Waals surface area contributed by atoms with Crippen LogP contribution in [-0.2, 0) is 6.18 Å². The van der Waals surface area contributed by atoms with Gasteiger partial charge in [-0.1, -0.05) is 11.6 Å². The second-order valence-electron chi connectivity index (χ2n) is 3.19. The maximum absolute atomic E-state index is 12.5. The number of aromatic hydroxyl groups is 1. The Morgan fingerprint density at radius 2 is 1.94 bits per heavy atom. The molecule has 16 heavy (non-hydrogen) atoms. The molecule has 4 N–H and O–H groups in total. The van der Waals surface area contributed by atoms with Crippen LogP contribution >= 0.6 is 11.6 Å². The van der Waals surface area contributed by atoms with E-state index in [-0.39, 0.29) is 5.56 Å². The minimum atomic E-state index is -4.72. The number of aliphatic hydroxyl groups is 1. The quantitative estimate of drug-likeness (QED) is 0.758. The summed E-state index contributed by atoms with van der Waals surface area (Å²) in [4.78, 5) is 0. The molecule has 1 aromatic rings. The van der Waals surface area contributed by atoms with Gasteiger partial charge in [-0.3, -0.25) is 0 Å². The lowest BCUT2D eigenvalue weighted by atomic mass is 10.0. The molecule has 0 aliphatic carbocycles. The lowest BCUT2D eigenvalue weighted by molar-refractivity contribution is -0.138. The van der Waals surface area contributed by atoms with Crippen LogP contribution in [0, 0.1) is 0 Å². The highest BCUT2D eigenvalue weighted by atomic mass is 35.5. The molecule has 0 bridgehead atoms. The summed E-state index contributed by atoms with van der Waals surface area (Å²) in [5, 5.41) is 17.4. The van der Waals surface area contributed by atoms with E-state index in [0.29, 0.717) is 6.07 Å². The molecule has 0 aliphatic heterocycles. The smallest absolute Gasteiger partial charge is 0.420 e. The van der Waals surface area contributed by atoms with Gasteiger partial charge in [0.25, 0.3) is 0 Å².